The molecule has 0 aliphatic heterocycles. The summed E-state index contributed by atoms with van der Waals surface area (Å²) in [6.45, 7) is 4.96. The van der Waals surface area contributed by atoms with Crippen molar-refractivity contribution in [3.8, 4) is 0 Å². The number of carboxylic acid groups (broad SMARTS) is 2. The molecule has 2 rings (SSSR count). The van der Waals surface area contributed by atoms with Crippen molar-refractivity contribution < 1.29 is 19.8 Å². The van der Waals surface area contributed by atoms with E-state index in [-0.39, 0.29) is 16.9 Å². The minimum absolute atomic E-state index is 0.0370. The van der Waals surface area contributed by atoms with Crippen LogP contribution in [0, 0.1) is 0 Å². The van der Waals surface area contributed by atoms with E-state index >= 15 is 0 Å². The molecule has 0 saturated heterocycles. The van der Waals surface area contributed by atoms with Gasteiger partial charge in [0.1, 0.15) is 16.7 Å². The highest BCUT2D eigenvalue weighted by Crippen LogP contribution is 2.25. The summed E-state index contributed by atoms with van der Waals surface area (Å²) in [4.78, 5) is 39.6. The Morgan fingerprint density at radius 1 is 1.29 bits per heavy atom. The fourth-order valence-corrected chi connectivity index (χ4v) is 2.98. The number of carbonyl (C=O) groups is 2. The molecule has 112 valence electrons. The van der Waals surface area contributed by atoms with E-state index < -0.39 is 23.5 Å². The Labute approximate surface area is 123 Å². The van der Waals surface area contributed by atoms with E-state index in [1.807, 2.05) is 0 Å². The summed E-state index contributed by atoms with van der Waals surface area (Å²) in [6, 6.07) is -1.12. The van der Waals surface area contributed by atoms with Crippen molar-refractivity contribution in [3.63, 3.8) is 0 Å². The van der Waals surface area contributed by atoms with Crippen LogP contribution in [0.4, 0.5) is 0 Å². The largest absolute Gasteiger partial charge is 0.480 e. The average Bonchev–Trinajstić information content (AvgIpc) is 2.81. The van der Waals surface area contributed by atoms with Crippen molar-refractivity contribution in [1.82, 2.24) is 9.55 Å². The average molecular weight is 310 g/mol. The summed E-state index contributed by atoms with van der Waals surface area (Å²) in [6.07, 6.45) is 0. The molecule has 0 aliphatic rings. The van der Waals surface area contributed by atoms with Crippen LogP contribution in [0.2, 0.25) is 0 Å². The Balaban J connectivity index is 2.92. The van der Waals surface area contributed by atoms with Gasteiger partial charge < -0.3 is 10.2 Å². The first-order chi connectivity index (χ1) is 9.75. The molecule has 1 unspecified atom stereocenters. The molecule has 0 aliphatic carbocycles. The van der Waals surface area contributed by atoms with Crippen molar-refractivity contribution in [1.29, 1.82) is 0 Å². The zero-order valence-electron chi connectivity index (χ0n) is 11.7. The zero-order chi connectivity index (χ0) is 15.9. The summed E-state index contributed by atoms with van der Waals surface area (Å²) in [5.41, 5.74) is -0.772. The van der Waals surface area contributed by atoms with E-state index in [2.05, 4.69) is 4.98 Å². The highest BCUT2D eigenvalue weighted by atomic mass is 32.1. The number of fused-ring (bicyclic) bond motifs is 1. The number of hydrogen-bond acceptors (Lipinski definition) is 5. The Hall–Kier alpha value is -2.22. The van der Waals surface area contributed by atoms with E-state index in [1.165, 1.54) is 12.3 Å². The maximum atomic E-state index is 12.6. The maximum absolute atomic E-state index is 12.6. The minimum Gasteiger partial charge on any atom is -0.480 e. The molecule has 1 atom stereocenters. The number of nitrogens with zero attached hydrogens (tertiary/aromatic N) is 2. The minimum atomic E-state index is -1.23. The maximum Gasteiger partial charge on any atom is 0.337 e. The van der Waals surface area contributed by atoms with Gasteiger partial charge in [0.15, 0.2) is 0 Å². The second-order valence-electron chi connectivity index (χ2n) is 4.95. The molecular formula is C13H14N2O5S. The lowest BCUT2D eigenvalue weighted by atomic mass is 10.1. The normalized spacial score (nSPS) is 12.8. The van der Waals surface area contributed by atoms with E-state index in [0.29, 0.717) is 10.7 Å². The van der Waals surface area contributed by atoms with Crippen molar-refractivity contribution in [2.45, 2.75) is 32.7 Å². The third kappa shape index (κ3) is 2.42. The lowest BCUT2D eigenvalue weighted by molar-refractivity contribution is -0.140. The van der Waals surface area contributed by atoms with E-state index in [1.54, 1.807) is 13.8 Å². The second kappa shape index (κ2) is 5.28. The SMILES string of the molecule is CC(C)c1nc2scc(C(=O)O)c2c(=O)n1C(C)C(=O)O. The lowest BCUT2D eigenvalue weighted by Crippen LogP contribution is -2.32. The molecule has 2 heterocycles. The Morgan fingerprint density at radius 2 is 1.90 bits per heavy atom. The second-order valence-corrected chi connectivity index (χ2v) is 5.81. The first-order valence-electron chi connectivity index (χ1n) is 6.25. The molecular weight excluding hydrogens is 296 g/mol. The van der Waals surface area contributed by atoms with Crippen LogP contribution in [0.25, 0.3) is 10.2 Å². The molecule has 0 bridgehead atoms. The van der Waals surface area contributed by atoms with Crippen molar-refractivity contribution in [2.75, 3.05) is 0 Å². The number of carboxylic acids is 2. The summed E-state index contributed by atoms with van der Waals surface area (Å²) in [7, 11) is 0. The van der Waals surface area contributed by atoms with Gasteiger partial charge in [0.25, 0.3) is 5.56 Å². The predicted molar refractivity (Wildman–Crippen MR) is 77.3 cm³/mol. The van der Waals surface area contributed by atoms with Crippen LogP contribution in [0.15, 0.2) is 10.2 Å². The fraction of sp³-hybridized carbons (Fsp3) is 0.385. The van der Waals surface area contributed by atoms with E-state index in [0.717, 1.165) is 15.9 Å². The first-order valence-corrected chi connectivity index (χ1v) is 7.13. The smallest absolute Gasteiger partial charge is 0.337 e. The molecule has 0 fully saturated rings. The molecule has 21 heavy (non-hydrogen) atoms. The summed E-state index contributed by atoms with van der Waals surface area (Å²) < 4.78 is 1.06. The van der Waals surface area contributed by atoms with Crippen molar-refractivity contribution in [3.05, 3.63) is 27.1 Å². The van der Waals surface area contributed by atoms with Crippen molar-refractivity contribution in [2.24, 2.45) is 0 Å². The summed E-state index contributed by atoms with van der Waals surface area (Å²) in [5.74, 6) is -2.24. The highest BCUT2D eigenvalue weighted by Gasteiger charge is 2.25. The van der Waals surface area contributed by atoms with E-state index in [4.69, 9.17) is 10.2 Å². The number of aromatic nitrogens is 2. The Bertz CT molecular complexity index is 790. The molecule has 2 N–H and O–H groups in total. The Morgan fingerprint density at radius 3 is 2.38 bits per heavy atom. The standard InChI is InChI=1S/C13H14N2O5S/c1-5(2)9-14-10-8(7(4-21-10)13(19)20)11(16)15(9)6(3)12(17)18/h4-6H,1-3H3,(H,17,18)(H,19,20). The van der Waals surface area contributed by atoms with Crippen LogP contribution < -0.4 is 5.56 Å². The van der Waals surface area contributed by atoms with Gasteiger partial charge in [-0.15, -0.1) is 11.3 Å². The number of thiophene rings is 1. The first kappa shape index (κ1) is 15.2. The zero-order valence-corrected chi connectivity index (χ0v) is 12.5. The molecule has 8 heteroatoms. The van der Waals surface area contributed by atoms with Crippen LogP contribution in [-0.4, -0.2) is 31.7 Å². The third-order valence-electron chi connectivity index (χ3n) is 3.16. The van der Waals surface area contributed by atoms with Gasteiger partial charge >= 0.3 is 11.9 Å². The number of aromatic carboxylic acids is 1. The lowest BCUT2D eigenvalue weighted by Gasteiger charge is -2.18. The number of hydrogen-bond donors (Lipinski definition) is 2. The highest BCUT2D eigenvalue weighted by molar-refractivity contribution is 7.17. The van der Waals surface area contributed by atoms with Gasteiger partial charge in [-0.1, -0.05) is 13.8 Å². The van der Waals surface area contributed by atoms with Crippen LogP contribution in [0.3, 0.4) is 0 Å². The van der Waals surface area contributed by atoms with Crippen LogP contribution >= 0.6 is 11.3 Å². The quantitative estimate of drug-likeness (QED) is 0.893. The van der Waals surface area contributed by atoms with Crippen LogP contribution in [0.5, 0.6) is 0 Å². The Kier molecular flexibility index (Phi) is 3.82. The molecule has 2 aromatic rings. The van der Waals surface area contributed by atoms with Gasteiger partial charge in [-0.2, -0.15) is 0 Å². The summed E-state index contributed by atoms with van der Waals surface area (Å²) >= 11 is 1.06. The molecule has 0 radical (unpaired) electrons. The molecule has 0 spiro atoms. The van der Waals surface area contributed by atoms with Gasteiger partial charge in [-0.05, 0) is 6.92 Å². The molecule has 0 aromatic carbocycles. The fourth-order valence-electron chi connectivity index (χ4n) is 2.07. The van der Waals surface area contributed by atoms with Crippen LogP contribution in [0.1, 0.15) is 48.9 Å². The number of aliphatic carboxylic acids is 1. The molecule has 2 aromatic heterocycles. The van der Waals surface area contributed by atoms with Gasteiger partial charge in [0.05, 0.1) is 10.9 Å². The molecule has 0 saturated carbocycles. The van der Waals surface area contributed by atoms with Crippen molar-refractivity contribution >= 4 is 33.5 Å². The van der Waals surface area contributed by atoms with Gasteiger partial charge in [-0.25, -0.2) is 14.6 Å². The van der Waals surface area contributed by atoms with E-state index in [9.17, 15) is 14.4 Å². The van der Waals surface area contributed by atoms with Crippen LogP contribution in [-0.2, 0) is 4.79 Å². The topological polar surface area (TPSA) is 109 Å². The third-order valence-corrected chi connectivity index (χ3v) is 4.03. The molecule has 7 nitrogen and oxygen atoms in total. The van der Waals surface area contributed by atoms with Gasteiger partial charge in [0.2, 0.25) is 0 Å². The number of rotatable bonds is 4. The molecule has 0 amide bonds. The monoisotopic (exact) mass is 310 g/mol. The predicted octanol–water partition coefficient (Wildman–Crippen LogP) is 1.93. The summed E-state index contributed by atoms with van der Waals surface area (Å²) in [5, 5.41) is 19.6. The van der Waals surface area contributed by atoms with Gasteiger partial charge in [-0.3, -0.25) is 9.36 Å². The van der Waals surface area contributed by atoms with Gasteiger partial charge in [0, 0.05) is 11.3 Å².